The van der Waals surface area contributed by atoms with Crippen LogP contribution in [0.1, 0.15) is 52.1 Å². The number of esters is 2. The SMILES string of the molecule is CCOC(=O)c1ccccc1NC(=O)Cn1c(C(=O)OCC)c(NC(C)=O)c2c(C)c(C)sc21. The summed E-state index contributed by atoms with van der Waals surface area (Å²) < 4.78 is 11.8. The van der Waals surface area contributed by atoms with Gasteiger partial charge in [0.15, 0.2) is 5.69 Å². The first-order chi connectivity index (χ1) is 16.2. The number of nitrogens with zero attached hydrogens (tertiary/aromatic N) is 1. The van der Waals surface area contributed by atoms with Gasteiger partial charge in [-0.15, -0.1) is 11.3 Å². The van der Waals surface area contributed by atoms with Gasteiger partial charge in [0, 0.05) is 17.2 Å². The summed E-state index contributed by atoms with van der Waals surface area (Å²) in [4.78, 5) is 51.9. The highest BCUT2D eigenvalue weighted by Gasteiger charge is 2.29. The molecular formula is C24H27N3O6S. The van der Waals surface area contributed by atoms with Crippen LogP contribution in [0.15, 0.2) is 24.3 Å². The Morgan fingerprint density at radius 3 is 2.26 bits per heavy atom. The molecule has 10 heteroatoms. The second kappa shape index (κ2) is 10.5. The third-order valence-electron chi connectivity index (χ3n) is 5.14. The van der Waals surface area contributed by atoms with Crippen LogP contribution in [-0.2, 0) is 25.6 Å². The van der Waals surface area contributed by atoms with Gasteiger partial charge < -0.3 is 24.7 Å². The monoisotopic (exact) mass is 485 g/mol. The summed E-state index contributed by atoms with van der Waals surface area (Å²) in [5.41, 5.74) is 1.84. The highest BCUT2D eigenvalue weighted by atomic mass is 32.1. The minimum Gasteiger partial charge on any atom is -0.462 e. The summed E-state index contributed by atoms with van der Waals surface area (Å²) in [6, 6.07) is 6.53. The van der Waals surface area contributed by atoms with Crippen LogP contribution in [0.3, 0.4) is 0 Å². The molecule has 0 unspecified atom stereocenters. The van der Waals surface area contributed by atoms with Crippen LogP contribution in [0.25, 0.3) is 10.2 Å². The molecule has 0 aliphatic rings. The lowest BCUT2D eigenvalue weighted by Gasteiger charge is -2.13. The number of ether oxygens (including phenoxy) is 2. The van der Waals surface area contributed by atoms with Crippen molar-refractivity contribution >= 4 is 56.7 Å². The zero-order valence-electron chi connectivity index (χ0n) is 19.7. The number of hydrogen-bond acceptors (Lipinski definition) is 7. The number of carbonyl (C=O) groups excluding carboxylic acids is 4. The maximum atomic E-state index is 13.1. The number of aryl methyl sites for hydroxylation is 2. The molecule has 34 heavy (non-hydrogen) atoms. The predicted molar refractivity (Wildman–Crippen MR) is 131 cm³/mol. The van der Waals surface area contributed by atoms with E-state index < -0.39 is 17.8 Å². The molecule has 3 aromatic rings. The fourth-order valence-electron chi connectivity index (χ4n) is 3.62. The quantitative estimate of drug-likeness (QED) is 0.461. The Morgan fingerprint density at radius 2 is 1.62 bits per heavy atom. The molecule has 180 valence electrons. The van der Waals surface area contributed by atoms with Gasteiger partial charge in [0.1, 0.15) is 11.4 Å². The number of thiophene rings is 1. The predicted octanol–water partition coefficient (Wildman–Crippen LogP) is 4.27. The molecule has 2 heterocycles. The van der Waals surface area contributed by atoms with E-state index in [1.165, 1.54) is 18.3 Å². The molecule has 0 saturated carbocycles. The van der Waals surface area contributed by atoms with Gasteiger partial charge in [-0.1, -0.05) is 12.1 Å². The van der Waals surface area contributed by atoms with Crippen LogP contribution >= 0.6 is 11.3 Å². The molecular weight excluding hydrogens is 458 g/mol. The normalized spacial score (nSPS) is 10.7. The van der Waals surface area contributed by atoms with Crippen molar-refractivity contribution in [2.45, 2.75) is 41.2 Å². The Hall–Kier alpha value is -3.66. The van der Waals surface area contributed by atoms with Gasteiger partial charge in [0.25, 0.3) is 0 Å². The maximum Gasteiger partial charge on any atom is 0.357 e. The summed E-state index contributed by atoms with van der Waals surface area (Å²) >= 11 is 1.42. The number of benzene rings is 1. The minimum atomic E-state index is -0.647. The van der Waals surface area contributed by atoms with Gasteiger partial charge in [-0.05, 0) is 45.4 Å². The van der Waals surface area contributed by atoms with Gasteiger partial charge in [-0.2, -0.15) is 0 Å². The van der Waals surface area contributed by atoms with Crippen LogP contribution in [0.2, 0.25) is 0 Å². The third-order valence-corrected chi connectivity index (χ3v) is 6.37. The van der Waals surface area contributed by atoms with Gasteiger partial charge in [-0.25, -0.2) is 9.59 Å². The zero-order valence-corrected chi connectivity index (χ0v) is 20.6. The highest BCUT2D eigenvalue weighted by Crippen LogP contribution is 2.40. The van der Waals surface area contributed by atoms with E-state index in [4.69, 9.17) is 9.47 Å². The molecule has 1 aromatic carbocycles. The lowest BCUT2D eigenvalue weighted by atomic mass is 10.2. The van der Waals surface area contributed by atoms with E-state index >= 15 is 0 Å². The smallest absolute Gasteiger partial charge is 0.357 e. The van der Waals surface area contributed by atoms with Gasteiger partial charge in [0.05, 0.1) is 30.2 Å². The highest BCUT2D eigenvalue weighted by molar-refractivity contribution is 7.19. The Balaban J connectivity index is 2.06. The van der Waals surface area contributed by atoms with Gasteiger partial charge in [-0.3, -0.25) is 9.59 Å². The molecule has 0 atom stereocenters. The van der Waals surface area contributed by atoms with Crippen LogP contribution in [0.5, 0.6) is 0 Å². The number of para-hydroxylation sites is 1. The molecule has 0 aliphatic heterocycles. The largest absolute Gasteiger partial charge is 0.462 e. The fourth-order valence-corrected chi connectivity index (χ4v) is 4.79. The van der Waals surface area contributed by atoms with Crippen molar-refractivity contribution in [3.63, 3.8) is 0 Å². The van der Waals surface area contributed by atoms with Crippen molar-refractivity contribution in [1.82, 2.24) is 4.57 Å². The first-order valence-electron chi connectivity index (χ1n) is 10.8. The number of nitrogens with one attached hydrogen (secondary N) is 2. The average Bonchev–Trinajstić information content (AvgIpc) is 3.22. The Kier molecular flexibility index (Phi) is 7.72. The molecule has 0 saturated heterocycles. The van der Waals surface area contributed by atoms with E-state index in [1.54, 1.807) is 42.7 Å². The second-order valence-electron chi connectivity index (χ2n) is 7.49. The Labute approximate surface area is 201 Å². The second-order valence-corrected chi connectivity index (χ2v) is 8.69. The Morgan fingerprint density at radius 1 is 0.971 bits per heavy atom. The summed E-state index contributed by atoms with van der Waals surface area (Å²) in [5, 5.41) is 6.18. The van der Waals surface area contributed by atoms with Crippen LogP contribution in [-0.4, -0.2) is 41.5 Å². The van der Waals surface area contributed by atoms with E-state index in [9.17, 15) is 19.2 Å². The molecule has 2 N–H and O–H groups in total. The van der Waals surface area contributed by atoms with Crippen LogP contribution < -0.4 is 10.6 Å². The van der Waals surface area contributed by atoms with Gasteiger partial charge in [0.2, 0.25) is 11.8 Å². The lowest BCUT2D eigenvalue weighted by molar-refractivity contribution is -0.116. The molecule has 0 radical (unpaired) electrons. The van der Waals surface area contributed by atoms with Crippen LogP contribution in [0, 0.1) is 13.8 Å². The van der Waals surface area contributed by atoms with Gasteiger partial charge >= 0.3 is 11.9 Å². The van der Waals surface area contributed by atoms with E-state index in [1.807, 2.05) is 13.8 Å². The van der Waals surface area contributed by atoms with Crippen molar-refractivity contribution in [2.24, 2.45) is 0 Å². The van der Waals surface area contributed by atoms with E-state index in [0.29, 0.717) is 21.6 Å². The number of hydrogen-bond donors (Lipinski definition) is 2. The lowest BCUT2D eigenvalue weighted by Crippen LogP contribution is -2.24. The molecule has 0 fully saturated rings. The number of rotatable bonds is 8. The molecule has 0 spiro atoms. The first-order valence-corrected chi connectivity index (χ1v) is 11.6. The number of carbonyl (C=O) groups is 4. The van der Waals surface area contributed by atoms with Crippen molar-refractivity contribution in [3.05, 3.63) is 46.0 Å². The van der Waals surface area contributed by atoms with Crippen LogP contribution in [0.4, 0.5) is 11.4 Å². The molecule has 3 rings (SSSR count). The third kappa shape index (κ3) is 4.96. The first kappa shape index (κ1) is 25.0. The van der Waals surface area contributed by atoms with Crippen molar-refractivity contribution < 1.29 is 28.7 Å². The standard InChI is InChI=1S/C24H27N3O6S/c1-6-32-23(30)16-10-8-9-11-17(16)26-18(29)12-27-21(24(31)33-7-2)20(25-15(5)28)19-13(3)14(4)34-22(19)27/h8-11H,6-7,12H2,1-5H3,(H,25,28)(H,26,29). The zero-order chi connectivity index (χ0) is 25.0. The van der Waals surface area contributed by atoms with E-state index in [2.05, 4.69) is 10.6 Å². The molecule has 2 amide bonds. The fraction of sp³-hybridized carbons (Fsp3) is 0.333. The van der Waals surface area contributed by atoms with Crippen molar-refractivity contribution in [3.8, 4) is 0 Å². The average molecular weight is 486 g/mol. The summed E-state index contributed by atoms with van der Waals surface area (Å²) in [6.45, 7) is 8.66. The number of anilines is 2. The maximum absolute atomic E-state index is 13.1. The van der Waals surface area contributed by atoms with Crippen molar-refractivity contribution in [2.75, 3.05) is 23.8 Å². The number of amides is 2. The summed E-state index contributed by atoms with van der Waals surface area (Å²) in [5.74, 6) is -2.00. The summed E-state index contributed by atoms with van der Waals surface area (Å²) in [7, 11) is 0. The molecule has 2 aromatic heterocycles. The molecule has 0 aliphatic carbocycles. The topological polar surface area (TPSA) is 116 Å². The number of aromatic nitrogens is 1. The van der Waals surface area contributed by atoms with Crippen molar-refractivity contribution in [1.29, 1.82) is 0 Å². The summed E-state index contributed by atoms with van der Waals surface area (Å²) in [6.07, 6.45) is 0. The van der Waals surface area contributed by atoms with E-state index in [-0.39, 0.29) is 36.9 Å². The molecule has 0 bridgehead atoms. The van der Waals surface area contributed by atoms with E-state index in [0.717, 1.165) is 10.4 Å². The Bertz CT molecular complexity index is 1270. The number of fused-ring (bicyclic) bond motifs is 1. The molecule has 9 nitrogen and oxygen atoms in total. The minimum absolute atomic E-state index is 0.0928.